The number of benzene rings is 1. The Balaban J connectivity index is 1.94. The maximum atomic E-state index is 10.3. The third kappa shape index (κ3) is 3.24. The molecule has 98 valence electrons. The van der Waals surface area contributed by atoms with Crippen molar-refractivity contribution in [2.24, 2.45) is 5.41 Å². The van der Waals surface area contributed by atoms with E-state index in [0.29, 0.717) is 23.8 Å². The average molecular weight is 269 g/mol. The molecule has 1 heterocycles. The summed E-state index contributed by atoms with van der Waals surface area (Å²) in [6, 6.07) is 5.68. The predicted molar refractivity (Wildman–Crippen MR) is 70.3 cm³/mol. The fourth-order valence-electron chi connectivity index (χ4n) is 1.83. The van der Waals surface area contributed by atoms with Gasteiger partial charge >= 0.3 is 0 Å². The van der Waals surface area contributed by atoms with Crippen molar-refractivity contribution in [3.8, 4) is 5.75 Å². The number of aldehydes is 1. The van der Waals surface area contributed by atoms with Gasteiger partial charge in [0, 0.05) is 11.8 Å². The number of ether oxygens (including phenoxy) is 2. The average Bonchev–Trinajstić information content (AvgIpc) is 2.33. The highest BCUT2D eigenvalue weighted by atomic mass is 35.5. The predicted octanol–water partition coefficient (Wildman–Crippen LogP) is 2.89. The van der Waals surface area contributed by atoms with Crippen LogP contribution in [0, 0.1) is 5.41 Å². The zero-order valence-electron chi connectivity index (χ0n) is 10.4. The zero-order chi connectivity index (χ0) is 13.0. The molecule has 0 N–H and O–H groups in total. The number of halogens is 1. The molecule has 0 saturated carbocycles. The summed E-state index contributed by atoms with van der Waals surface area (Å²) in [5.74, 6) is 0.694. The van der Waals surface area contributed by atoms with Crippen LogP contribution in [-0.4, -0.2) is 26.1 Å². The van der Waals surface area contributed by atoms with Crippen molar-refractivity contribution < 1.29 is 14.3 Å². The SMILES string of the molecule is CC1(COc2ccc(CCC=O)cc2Cl)COC1. The lowest BCUT2D eigenvalue weighted by Crippen LogP contribution is -2.44. The lowest BCUT2D eigenvalue weighted by Gasteiger charge is -2.37. The maximum absolute atomic E-state index is 10.3. The summed E-state index contributed by atoms with van der Waals surface area (Å²) >= 11 is 6.15. The van der Waals surface area contributed by atoms with Gasteiger partial charge in [0.15, 0.2) is 0 Å². The third-order valence-corrected chi connectivity index (χ3v) is 3.32. The minimum atomic E-state index is 0.111. The molecule has 0 spiro atoms. The first kappa shape index (κ1) is 13.4. The molecule has 0 unspecified atom stereocenters. The van der Waals surface area contributed by atoms with E-state index in [4.69, 9.17) is 21.1 Å². The van der Waals surface area contributed by atoms with Gasteiger partial charge in [-0.2, -0.15) is 0 Å². The Hall–Kier alpha value is -1.06. The van der Waals surface area contributed by atoms with Gasteiger partial charge in [-0.1, -0.05) is 24.6 Å². The van der Waals surface area contributed by atoms with Crippen LogP contribution >= 0.6 is 11.6 Å². The van der Waals surface area contributed by atoms with Crippen molar-refractivity contribution in [3.63, 3.8) is 0 Å². The van der Waals surface area contributed by atoms with Gasteiger partial charge in [0.2, 0.25) is 0 Å². The highest BCUT2D eigenvalue weighted by Gasteiger charge is 2.34. The normalized spacial score (nSPS) is 17.0. The van der Waals surface area contributed by atoms with Crippen LogP contribution in [0.4, 0.5) is 0 Å². The van der Waals surface area contributed by atoms with Gasteiger partial charge in [-0.15, -0.1) is 0 Å². The van der Waals surface area contributed by atoms with Gasteiger partial charge < -0.3 is 14.3 Å². The van der Waals surface area contributed by atoms with E-state index >= 15 is 0 Å². The van der Waals surface area contributed by atoms with E-state index in [9.17, 15) is 4.79 Å². The second kappa shape index (κ2) is 5.72. The molecule has 0 amide bonds. The maximum Gasteiger partial charge on any atom is 0.137 e. The van der Waals surface area contributed by atoms with E-state index < -0.39 is 0 Å². The van der Waals surface area contributed by atoms with Crippen LogP contribution < -0.4 is 4.74 Å². The number of rotatable bonds is 6. The summed E-state index contributed by atoms with van der Waals surface area (Å²) in [6.07, 6.45) is 2.15. The van der Waals surface area contributed by atoms with Crippen molar-refractivity contribution in [1.82, 2.24) is 0 Å². The topological polar surface area (TPSA) is 35.5 Å². The number of carbonyl (C=O) groups excluding carboxylic acids is 1. The highest BCUT2D eigenvalue weighted by molar-refractivity contribution is 6.32. The number of hydrogen-bond acceptors (Lipinski definition) is 3. The summed E-state index contributed by atoms with van der Waals surface area (Å²) in [5.41, 5.74) is 1.16. The first-order valence-electron chi connectivity index (χ1n) is 6.06. The summed E-state index contributed by atoms with van der Waals surface area (Å²) in [4.78, 5) is 10.3. The van der Waals surface area contributed by atoms with Crippen LogP contribution in [0.2, 0.25) is 5.02 Å². The van der Waals surface area contributed by atoms with E-state index in [2.05, 4.69) is 6.92 Å². The minimum Gasteiger partial charge on any atom is -0.491 e. The standard InChI is InChI=1S/C14H17ClO3/c1-14(8-17-9-14)10-18-13-5-4-11(3-2-6-16)7-12(13)15/h4-7H,2-3,8-10H2,1H3. The molecule has 3 nitrogen and oxygen atoms in total. The van der Waals surface area contributed by atoms with Gasteiger partial charge in [0.05, 0.1) is 24.8 Å². The molecule has 2 rings (SSSR count). The van der Waals surface area contributed by atoms with Gasteiger partial charge in [0.25, 0.3) is 0 Å². The van der Waals surface area contributed by atoms with Crippen molar-refractivity contribution >= 4 is 17.9 Å². The molecule has 1 aliphatic rings. The fraction of sp³-hybridized carbons (Fsp3) is 0.500. The summed E-state index contributed by atoms with van der Waals surface area (Å²) in [7, 11) is 0. The van der Waals surface area contributed by atoms with E-state index in [1.165, 1.54) is 0 Å². The number of hydrogen-bond donors (Lipinski definition) is 0. The Labute approximate surface area is 112 Å². The summed E-state index contributed by atoms with van der Waals surface area (Å²) in [5, 5.41) is 0.599. The van der Waals surface area contributed by atoms with E-state index in [1.54, 1.807) is 0 Å². The van der Waals surface area contributed by atoms with Crippen LogP contribution in [0.25, 0.3) is 0 Å². The Morgan fingerprint density at radius 3 is 2.83 bits per heavy atom. The third-order valence-electron chi connectivity index (χ3n) is 3.02. The summed E-state index contributed by atoms with van der Waals surface area (Å²) < 4.78 is 10.9. The van der Waals surface area contributed by atoms with Crippen LogP contribution in [-0.2, 0) is 16.0 Å². The number of aryl methyl sites for hydroxylation is 1. The van der Waals surface area contributed by atoms with E-state index in [0.717, 1.165) is 31.5 Å². The lowest BCUT2D eigenvalue weighted by molar-refractivity contribution is -0.120. The Kier molecular flexibility index (Phi) is 4.25. The molecular formula is C14H17ClO3. The van der Waals surface area contributed by atoms with Crippen molar-refractivity contribution in [1.29, 1.82) is 0 Å². The molecule has 1 saturated heterocycles. The first-order chi connectivity index (χ1) is 8.63. The molecule has 1 aromatic rings. The van der Waals surface area contributed by atoms with E-state index in [1.807, 2.05) is 18.2 Å². The molecule has 18 heavy (non-hydrogen) atoms. The van der Waals surface area contributed by atoms with Crippen LogP contribution in [0.5, 0.6) is 5.75 Å². The highest BCUT2D eigenvalue weighted by Crippen LogP contribution is 2.31. The van der Waals surface area contributed by atoms with Crippen LogP contribution in [0.1, 0.15) is 18.9 Å². The Morgan fingerprint density at radius 1 is 1.50 bits per heavy atom. The molecule has 0 bridgehead atoms. The van der Waals surface area contributed by atoms with Gasteiger partial charge in [-0.05, 0) is 24.1 Å². The number of carbonyl (C=O) groups is 1. The molecule has 0 aliphatic carbocycles. The monoisotopic (exact) mass is 268 g/mol. The first-order valence-corrected chi connectivity index (χ1v) is 6.43. The van der Waals surface area contributed by atoms with Crippen molar-refractivity contribution in [2.75, 3.05) is 19.8 Å². The van der Waals surface area contributed by atoms with Crippen LogP contribution in [0.3, 0.4) is 0 Å². The van der Waals surface area contributed by atoms with Crippen molar-refractivity contribution in [3.05, 3.63) is 28.8 Å². The van der Waals surface area contributed by atoms with Gasteiger partial charge in [-0.3, -0.25) is 0 Å². The molecule has 0 atom stereocenters. The molecule has 1 aromatic carbocycles. The Morgan fingerprint density at radius 2 is 2.28 bits per heavy atom. The van der Waals surface area contributed by atoms with Gasteiger partial charge in [-0.25, -0.2) is 0 Å². The fourth-order valence-corrected chi connectivity index (χ4v) is 2.09. The smallest absolute Gasteiger partial charge is 0.137 e. The van der Waals surface area contributed by atoms with E-state index in [-0.39, 0.29) is 5.41 Å². The second-order valence-corrected chi connectivity index (χ2v) is 5.47. The van der Waals surface area contributed by atoms with Crippen molar-refractivity contribution in [2.45, 2.75) is 19.8 Å². The molecular weight excluding hydrogens is 252 g/mol. The quantitative estimate of drug-likeness (QED) is 0.744. The molecule has 0 radical (unpaired) electrons. The minimum absolute atomic E-state index is 0.111. The van der Waals surface area contributed by atoms with Crippen LogP contribution in [0.15, 0.2) is 18.2 Å². The molecule has 1 fully saturated rings. The zero-order valence-corrected chi connectivity index (χ0v) is 11.2. The summed E-state index contributed by atoms with van der Waals surface area (Å²) in [6.45, 7) is 4.22. The molecule has 0 aromatic heterocycles. The second-order valence-electron chi connectivity index (χ2n) is 5.06. The lowest BCUT2D eigenvalue weighted by atomic mass is 9.90. The van der Waals surface area contributed by atoms with Gasteiger partial charge in [0.1, 0.15) is 12.0 Å². The molecule has 1 aliphatic heterocycles. The molecule has 4 heteroatoms. The Bertz CT molecular complexity index is 427. The largest absolute Gasteiger partial charge is 0.491 e.